The van der Waals surface area contributed by atoms with E-state index in [4.69, 9.17) is 4.74 Å². The van der Waals surface area contributed by atoms with Crippen LogP contribution in [-0.4, -0.2) is 49.0 Å². The minimum atomic E-state index is -3.44. The number of hydrogen-bond donors (Lipinski definition) is 1. The van der Waals surface area contributed by atoms with E-state index in [1.54, 1.807) is 18.2 Å². The van der Waals surface area contributed by atoms with Crippen LogP contribution in [0.5, 0.6) is 0 Å². The number of nitrogens with one attached hydrogen (secondary N) is 1. The average molecular weight is 283 g/mol. The van der Waals surface area contributed by atoms with Crippen LogP contribution in [0.25, 0.3) is 11.0 Å². The summed E-state index contributed by atoms with van der Waals surface area (Å²) in [6.07, 6.45) is 0. The number of nitrogens with zero attached hydrogens (tertiary/aromatic N) is 2. The predicted octanol–water partition coefficient (Wildman–Crippen LogP) is 1.14. The van der Waals surface area contributed by atoms with Crippen LogP contribution in [0.4, 0.5) is 0 Å². The molecule has 1 aliphatic rings. The lowest BCUT2D eigenvalue weighted by Gasteiger charge is -2.25. The average Bonchev–Trinajstić information content (AvgIpc) is 2.78. The Morgan fingerprint density at radius 1 is 1.37 bits per heavy atom. The molecule has 7 heteroatoms. The molecule has 1 aliphatic heterocycles. The molecule has 0 unspecified atom stereocenters. The van der Waals surface area contributed by atoms with Crippen molar-refractivity contribution in [3.05, 3.63) is 24.0 Å². The van der Waals surface area contributed by atoms with Crippen molar-refractivity contribution in [1.82, 2.24) is 14.3 Å². The summed E-state index contributed by atoms with van der Waals surface area (Å²) in [5, 5.41) is 0. The van der Waals surface area contributed by atoms with Gasteiger partial charge in [0.1, 0.15) is 5.82 Å². The summed E-state index contributed by atoms with van der Waals surface area (Å²) in [4.78, 5) is 7.62. The third-order valence-corrected chi connectivity index (χ3v) is 5.07. The molecular weight excluding hydrogens is 266 g/mol. The number of aryl methyl sites for hydroxylation is 1. The zero-order valence-electron chi connectivity index (χ0n) is 10.6. The van der Waals surface area contributed by atoms with Crippen LogP contribution in [0.15, 0.2) is 23.1 Å². The molecule has 0 amide bonds. The van der Waals surface area contributed by atoms with Crippen LogP contribution in [0, 0.1) is 6.92 Å². The van der Waals surface area contributed by atoms with Gasteiger partial charge in [0.05, 0.1) is 29.1 Å². The molecule has 2 heterocycles. The number of rotatable bonds is 2. The number of sulfonamides is 1. The second-order valence-corrected chi connectivity index (χ2v) is 6.46. The lowest BCUT2D eigenvalue weighted by molar-refractivity contribution is 0.0730. The fourth-order valence-electron chi connectivity index (χ4n) is 2.21. The van der Waals surface area contributed by atoms with Crippen LogP contribution in [-0.2, 0) is 14.8 Å². The quantitative estimate of drug-likeness (QED) is 0.896. The Balaban J connectivity index is 0.00000147. The molecule has 0 atom stereocenters. The van der Waals surface area contributed by atoms with E-state index in [1.807, 2.05) is 6.92 Å². The third-order valence-electron chi connectivity index (χ3n) is 3.18. The number of H-pyrrole nitrogens is 1. The van der Waals surface area contributed by atoms with E-state index in [2.05, 4.69) is 9.97 Å². The second-order valence-electron chi connectivity index (χ2n) is 4.52. The predicted molar refractivity (Wildman–Crippen MR) is 72.5 cm³/mol. The zero-order chi connectivity index (χ0) is 13.5. The highest BCUT2D eigenvalue weighted by atomic mass is 32.2. The van der Waals surface area contributed by atoms with E-state index < -0.39 is 10.0 Å². The summed E-state index contributed by atoms with van der Waals surface area (Å²) in [5.74, 6) is 0.774. The van der Waals surface area contributed by atoms with Crippen molar-refractivity contribution in [3.63, 3.8) is 0 Å². The van der Waals surface area contributed by atoms with Gasteiger partial charge < -0.3 is 9.72 Å². The molecule has 2 aromatic rings. The smallest absolute Gasteiger partial charge is 0.243 e. The number of hydrogen-bond acceptors (Lipinski definition) is 4. The third kappa shape index (κ3) is 2.24. The molecule has 19 heavy (non-hydrogen) atoms. The first kappa shape index (κ1) is 12.6. The molecule has 0 aliphatic carbocycles. The maximum Gasteiger partial charge on any atom is 0.243 e. The molecule has 1 saturated heterocycles. The lowest BCUT2D eigenvalue weighted by Crippen LogP contribution is -2.40. The van der Waals surface area contributed by atoms with Gasteiger partial charge in [-0.2, -0.15) is 4.31 Å². The van der Waals surface area contributed by atoms with E-state index in [-0.39, 0.29) is 1.43 Å². The van der Waals surface area contributed by atoms with Gasteiger partial charge in [-0.1, -0.05) is 0 Å². The Kier molecular flexibility index (Phi) is 3.04. The number of benzene rings is 1. The molecule has 3 rings (SSSR count). The van der Waals surface area contributed by atoms with Crippen LogP contribution in [0.2, 0.25) is 0 Å². The van der Waals surface area contributed by atoms with Crippen molar-refractivity contribution in [1.29, 1.82) is 0 Å². The van der Waals surface area contributed by atoms with Crippen molar-refractivity contribution in [2.24, 2.45) is 0 Å². The topological polar surface area (TPSA) is 75.3 Å². The summed E-state index contributed by atoms with van der Waals surface area (Å²) >= 11 is 0. The molecule has 1 fully saturated rings. The van der Waals surface area contributed by atoms with Crippen molar-refractivity contribution in [3.8, 4) is 0 Å². The fourth-order valence-corrected chi connectivity index (χ4v) is 3.65. The van der Waals surface area contributed by atoms with Crippen molar-refractivity contribution in [2.75, 3.05) is 26.3 Å². The first-order chi connectivity index (χ1) is 9.07. The van der Waals surface area contributed by atoms with Gasteiger partial charge in [-0.3, -0.25) is 0 Å². The fraction of sp³-hybridized carbons (Fsp3) is 0.417. The molecule has 0 spiro atoms. The normalized spacial score (nSPS) is 17.9. The minimum absolute atomic E-state index is 0. The molecule has 1 aromatic carbocycles. The van der Waals surface area contributed by atoms with Gasteiger partial charge in [0.15, 0.2) is 0 Å². The Labute approximate surface area is 112 Å². The highest BCUT2D eigenvalue weighted by Crippen LogP contribution is 2.21. The molecule has 1 aromatic heterocycles. The van der Waals surface area contributed by atoms with Crippen LogP contribution >= 0.6 is 0 Å². The monoisotopic (exact) mass is 283 g/mol. The number of aromatic amines is 1. The van der Waals surface area contributed by atoms with Crippen LogP contribution in [0.3, 0.4) is 0 Å². The van der Waals surface area contributed by atoms with Gasteiger partial charge in [-0.15, -0.1) is 0 Å². The SMILES string of the molecule is Cc1nc2ccc(S(=O)(=O)N3CCOCC3)cc2[nH]1.[HH]. The van der Waals surface area contributed by atoms with E-state index in [1.165, 1.54) is 4.31 Å². The summed E-state index contributed by atoms with van der Waals surface area (Å²) in [5.41, 5.74) is 1.52. The zero-order valence-corrected chi connectivity index (χ0v) is 11.4. The van der Waals surface area contributed by atoms with E-state index in [9.17, 15) is 8.42 Å². The maximum absolute atomic E-state index is 12.5. The largest absolute Gasteiger partial charge is 0.379 e. The van der Waals surface area contributed by atoms with Crippen LogP contribution in [0.1, 0.15) is 7.25 Å². The minimum Gasteiger partial charge on any atom is -0.379 e. The first-order valence-electron chi connectivity index (χ1n) is 6.12. The Hall–Kier alpha value is -1.44. The number of imidazole rings is 1. The molecule has 0 radical (unpaired) electrons. The maximum atomic E-state index is 12.5. The van der Waals surface area contributed by atoms with E-state index in [0.29, 0.717) is 31.2 Å². The van der Waals surface area contributed by atoms with Crippen LogP contribution < -0.4 is 0 Å². The summed E-state index contributed by atoms with van der Waals surface area (Å²) in [6.45, 7) is 3.55. The Bertz CT molecular complexity index is 708. The summed E-state index contributed by atoms with van der Waals surface area (Å²) in [6, 6.07) is 4.97. The Morgan fingerprint density at radius 3 is 2.84 bits per heavy atom. The highest BCUT2D eigenvalue weighted by Gasteiger charge is 2.26. The van der Waals surface area contributed by atoms with Gasteiger partial charge in [-0.25, -0.2) is 13.4 Å². The van der Waals surface area contributed by atoms with Gasteiger partial charge in [0, 0.05) is 14.5 Å². The molecule has 104 valence electrons. The number of aromatic nitrogens is 2. The molecular formula is C12H17N3O3S. The summed E-state index contributed by atoms with van der Waals surface area (Å²) in [7, 11) is -3.44. The van der Waals surface area contributed by atoms with Gasteiger partial charge >= 0.3 is 0 Å². The number of ether oxygens (including phenoxy) is 1. The molecule has 6 nitrogen and oxygen atoms in total. The molecule has 0 bridgehead atoms. The summed E-state index contributed by atoms with van der Waals surface area (Å²) < 4.78 is 31.6. The van der Waals surface area contributed by atoms with Crippen molar-refractivity contribution in [2.45, 2.75) is 11.8 Å². The van der Waals surface area contributed by atoms with Crippen molar-refractivity contribution >= 4 is 21.1 Å². The van der Waals surface area contributed by atoms with Gasteiger partial charge in [0.25, 0.3) is 0 Å². The second kappa shape index (κ2) is 4.59. The van der Waals surface area contributed by atoms with Gasteiger partial charge in [0.2, 0.25) is 10.0 Å². The number of fused-ring (bicyclic) bond motifs is 1. The van der Waals surface area contributed by atoms with Crippen molar-refractivity contribution < 1.29 is 14.6 Å². The molecule has 1 N–H and O–H groups in total. The van der Waals surface area contributed by atoms with Gasteiger partial charge in [-0.05, 0) is 25.1 Å². The molecule has 0 saturated carbocycles. The lowest BCUT2D eigenvalue weighted by atomic mass is 10.3. The standard InChI is InChI=1S/C12H15N3O3S.H2/c1-9-13-11-3-2-10(8-12(11)14-9)19(16,17)15-4-6-18-7-5-15;/h2-3,8H,4-7H2,1H3,(H,13,14);1H. The van der Waals surface area contributed by atoms with E-state index in [0.717, 1.165) is 16.9 Å². The van der Waals surface area contributed by atoms with E-state index >= 15 is 0 Å². The number of morpholine rings is 1. The Morgan fingerprint density at radius 2 is 2.11 bits per heavy atom. The highest BCUT2D eigenvalue weighted by molar-refractivity contribution is 7.89. The first-order valence-corrected chi connectivity index (χ1v) is 7.56.